The first-order valence-corrected chi connectivity index (χ1v) is 34.1. The van der Waals surface area contributed by atoms with E-state index in [0.717, 1.165) is 113 Å². The van der Waals surface area contributed by atoms with Crippen LogP contribution in [0.5, 0.6) is 0 Å². The fraction of sp³-hybridized carbons (Fsp3) is 0.136. The Morgan fingerprint density at radius 3 is 1.23 bits per heavy atom. The van der Waals surface area contributed by atoms with Gasteiger partial charge in [0.2, 0.25) is 0 Å². The summed E-state index contributed by atoms with van der Waals surface area (Å²) >= 11 is 1.87. The van der Waals surface area contributed by atoms with Crippen LogP contribution in [-0.4, -0.2) is 44.4 Å². The third-order valence-electron chi connectivity index (χ3n) is 16.7. The van der Waals surface area contributed by atoms with Crippen LogP contribution in [0.3, 0.4) is 0 Å². The summed E-state index contributed by atoms with van der Waals surface area (Å²) in [5, 5.41) is 7.61. The number of hydrogen-bond acceptors (Lipinski definition) is 10. The molecule has 0 N–H and O–H groups in total. The van der Waals surface area contributed by atoms with Gasteiger partial charge >= 0.3 is 0 Å². The second-order valence-electron chi connectivity index (χ2n) is 25.0. The SMILES string of the molecule is Cc1cc(-c2cccc3c2oc2ccccc23)cc(C)n1.Cc1cc(-c2cccc3c2sc2ccccc23)cc(C)n1.Cc1cc(-c2ccccn2)cc(C)n1.Cc1cc(-c2ccncc2)cc(C)n1.Cc1cc(-n2c3ccccc3c3ccccc32)cc(C)n1.Cc1cccc(C)n1. The van der Waals surface area contributed by atoms with Crippen LogP contribution < -0.4 is 0 Å². The van der Waals surface area contributed by atoms with Gasteiger partial charge in [0.1, 0.15) is 11.2 Å². The molecule has 99 heavy (non-hydrogen) atoms. The zero-order valence-electron chi connectivity index (χ0n) is 58.2. The van der Waals surface area contributed by atoms with Crippen LogP contribution in [-0.2, 0) is 0 Å². The van der Waals surface area contributed by atoms with Gasteiger partial charge in [-0.15, -0.1) is 11.3 Å². The van der Waals surface area contributed by atoms with Crippen LogP contribution in [0.15, 0.2) is 266 Å². The highest BCUT2D eigenvalue weighted by Gasteiger charge is 2.15. The molecule has 17 rings (SSSR count). The van der Waals surface area contributed by atoms with E-state index >= 15 is 0 Å². The van der Waals surface area contributed by atoms with E-state index in [2.05, 4.69) is 234 Å². The molecule has 0 spiro atoms. The summed E-state index contributed by atoms with van der Waals surface area (Å²) in [6.07, 6.45) is 5.42. The maximum absolute atomic E-state index is 6.10. The van der Waals surface area contributed by atoms with Gasteiger partial charge < -0.3 is 8.98 Å². The molecule has 17 aromatic rings. The number of pyridine rings is 8. The van der Waals surface area contributed by atoms with Gasteiger partial charge in [0.05, 0.1) is 16.7 Å². The van der Waals surface area contributed by atoms with Gasteiger partial charge in [0.25, 0.3) is 0 Å². The number of thiophene rings is 1. The van der Waals surface area contributed by atoms with Gasteiger partial charge in [0, 0.05) is 145 Å². The first-order valence-electron chi connectivity index (χ1n) is 33.3. The van der Waals surface area contributed by atoms with E-state index in [0.29, 0.717) is 0 Å². The lowest BCUT2D eigenvalue weighted by atomic mass is 10.0. The zero-order chi connectivity index (χ0) is 69.1. The third-order valence-corrected chi connectivity index (χ3v) is 17.9. The predicted octanol–water partition coefficient (Wildman–Crippen LogP) is 23.0. The number of rotatable bonds is 5. The molecule has 6 aromatic carbocycles. The highest BCUT2D eigenvalue weighted by molar-refractivity contribution is 7.26. The molecule has 0 saturated carbocycles. The molecule has 0 fully saturated rings. The molecule has 11 heterocycles. The van der Waals surface area contributed by atoms with Crippen LogP contribution in [0.25, 0.3) is 114 Å². The first kappa shape index (κ1) is 67.3. The van der Waals surface area contributed by atoms with Crippen LogP contribution in [0.2, 0.25) is 0 Å². The standard InChI is InChI=1S/C19H16N2.C19H15NO.C19H15NS.2C12H12N2.C7H9N/c1-13-11-15(12-14(2)20-13)21-18-9-5-3-7-16(18)17-8-4-6-10-19(17)21;2*1-12-10-14(11-13(2)20-12)15-7-5-8-17-16-6-3-4-9-18(16)21-19(15)17;1-9-7-12(8-10(2)14-9)11-3-5-13-6-4-11;1-9-7-11(8-10(2)14-9)12-5-3-4-6-13-12;1-6-4-3-5-7(2)8-6/h3-12H,1-2H3;2*3-11H,1-2H3;2*3-8H,1-2H3;3-5H,1-2H3. The predicted molar refractivity (Wildman–Crippen MR) is 414 cm³/mol. The van der Waals surface area contributed by atoms with Crippen LogP contribution in [0.1, 0.15) is 68.3 Å². The number of nitrogens with zero attached hydrogens (tertiary/aromatic N) is 9. The molecular weight excluding hydrogens is 1230 g/mol. The van der Waals surface area contributed by atoms with E-state index in [1.54, 1.807) is 18.6 Å². The molecule has 488 valence electrons. The molecule has 0 aliphatic heterocycles. The molecule has 11 aromatic heterocycles. The van der Waals surface area contributed by atoms with Crippen molar-refractivity contribution in [3.05, 3.63) is 330 Å². The highest BCUT2D eigenvalue weighted by Crippen LogP contribution is 2.41. The number of para-hydroxylation sites is 4. The summed E-state index contributed by atoms with van der Waals surface area (Å²) in [4.78, 5) is 34.6. The Bertz CT molecular complexity index is 5250. The lowest BCUT2D eigenvalue weighted by Gasteiger charge is -2.09. The van der Waals surface area contributed by atoms with Crippen molar-refractivity contribution in [2.75, 3.05) is 0 Å². The smallest absolute Gasteiger partial charge is 0.143 e. The first-order chi connectivity index (χ1) is 48.0. The summed E-state index contributed by atoms with van der Waals surface area (Å²) in [7, 11) is 0. The van der Waals surface area contributed by atoms with Crippen molar-refractivity contribution in [2.45, 2.75) is 83.1 Å². The fourth-order valence-electron chi connectivity index (χ4n) is 12.8. The minimum Gasteiger partial charge on any atom is -0.455 e. The van der Waals surface area contributed by atoms with Gasteiger partial charge in [-0.3, -0.25) is 39.9 Å². The topological polar surface area (TPSA) is 121 Å². The average molecular weight is 1310 g/mol. The summed E-state index contributed by atoms with van der Waals surface area (Å²) in [5.41, 5.74) is 27.6. The van der Waals surface area contributed by atoms with Gasteiger partial charge in [0.15, 0.2) is 0 Å². The van der Waals surface area contributed by atoms with E-state index < -0.39 is 0 Å². The van der Waals surface area contributed by atoms with Crippen LogP contribution in [0.4, 0.5) is 0 Å². The van der Waals surface area contributed by atoms with Gasteiger partial charge in [-0.05, 0) is 232 Å². The minimum absolute atomic E-state index is 0.933. The van der Waals surface area contributed by atoms with E-state index in [1.165, 1.54) is 69.9 Å². The maximum Gasteiger partial charge on any atom is 0.143 e. The van der Waals surface area contributed by atoms with E-state index in [-0.39, 0.29) is 0 Å². The van der Waals surface area contributed by atoms with Gasteiger partial charge in [-0.25, -0.2) is 0 Å². The van der Waals surface area contributed by atoms with Gasteiger partial charge in [-0.2, -0.15) is 0 Å². The van der Waals surface area contributed by atoms with Crippen molar-refractivity contribution in [1.82, 2.24) is 44.4 Å². The number of benzene rings is 6. The third kappa shape index (κ3) is 16.3. The van der Waals surface area contributed by atoms with E-state index in [1.807, 2.05) is 147 Å². The zero-order valence-corrected chi connectivity index (χ0v) is 59.0. The molecule has 11 heteroatoms. The molecule has 0 bridgehead atoms. The molecule has 0 amide bonds. The highest BCUT2D eigenvalue weighted by atomic mass is 32.1. The monoisotopic (exact) mass is 1310 g/mol. The Morgan fingerprint density at radius 2 is 0.707 bits per heavy atom. The number of fused-ring (bicyclic) bond motifs is 9. The molecule has 0 radical (unpaired) electrons. The van der Waals surface area contributed by atoms with Crippen LogP contribution >= 0.6 is 11.3 Å². The number of hydrogen-bond donors (Lipinski definition) is 0. The largest absolute Gasteiger partial charge is 0.455 e. The second kappa shape index (κ2) is 30.6. The summed E-state index contributed by atoms with van der Waals surface area (Å²) < 4.78 is 11.1. The lowest BCUT2D eigenvalue weighted by molar-refractivity contribution is 0.670. The summed E-state index contributed by atoms with van der Waals surface area (Å²) in [6.45, 7) is 24.3. The Labute approximate surface area is 583 Å². The van der Waals surface area contributed by atoms with E-state index in [9.17, 15) is 0 Å². The van der Waals surface area contributed by atoms with Crippen molar-refractivity contribution in [3.8, 4) is 50.3 Å². The number of aromatic nitrogens is 9. The molecule has 10 nitrogen and oxygen atoms in total. The molecule has 0 aliphatic carbocycles. The van der Waals surface area contributed by atoms with Crippen molar-refractivity contribution in [1.29, 1.82) is 0 Å². The van der Waals surface area contributed by atoms with Crippen LogP contribution in [0, 0.1) is 83.1 Å². The lowest BCUT2D eigenvalue weighted by Crippen LogP contribution is -1.97. The fourth-order valence-corrected chi connectivity index (χ4v) is 14.1. The molecule has 0 atom stereocenters. The Hall–Kier alpha value is -11.7. The molecule has 0 aliphatic rings. The normalized spacial score (nSPS) is 10.8. The quantitative estimate of drug-likeness (QED) is 0.166. The summed E-state index contributed by atoms with van der Waals surface area (Å²) in [6, 6.07) is 83.9. The summed E-state index contributed by atoms with van der Waals surface area (Å²) in [5.74, 6) is 0. The molecular formula is C88H79N9OS. The average Bonchev–Trinajstić information content (AvgIpc) is 1.61. The van der Waals surface area contributed by atoms with E-state index in [4.69, 9.17) is 4.42 Å². The van der Waals surface area contributed by atoms with Gasteiger partial charge in [-0.1, -0.05) is 121 Å². The number of aryl methyl sites for hydroxylation is 12. The Morgan fingerprint density at radius 1 is 0.293 bits per heavy atom. The maximum atomic E-state index is 6.10. The van der Waals surface area contributed by atoms with Crippen molar-refractivity contribution in [2.24, 2.45) is 0 Å². The second-order valence-corrected chi connectivity index (χ2v) is 26.0. The minimum atomic E-state index is 0.933. The van der Waals surface area contributed by atoms with Crippen molar-refractivity contribution >= 4 is 75.3 Å². The van der Waals surface area contributed by atoms with Crippen molar-refractivity contribution < 1.29 is 4.42 Å². The number of furan rings is 1. The Balaban J connectivity index is 0.000000115. The molecule has 0 unspecified atom stereocenters. The molecule has 0 saturated heterocycles. The van der Waals surface area contributed by atoms with Crippen molar-refractivity contribution in [3.63, 3.8) is 0 Å². The Kier molecular flexibility index (Phi) is 20.8.